The Kier molecular flexibility index (Phi) is 20.4. The summed E-state index contributed by atoms with van der Waals surface area (Å²) in [5.74, 6) is -1.50. The van der Waals surface area contributed by atoms with Gasteiger partial charge in [0, 0.05) is 19.3 Å². The van der Waals surface area contributed by atoms with Crippen molar-refractivity contribution < 1.29 is 38.2 Å². The number of carbonyl (C=O) groups is 3. The van der Waals surface area contributed by atoms with Crippen molar-refractivity contribution in [2.24, 2.45) is 0 Å². The molecule has 0 fully saturated rings. The highest BCUT2D eigenvalue weighted by Crippen LogP contribution is 2.12. The zero-order valence-corrected chi connectivity index (χ0v) is 23.7. The lowest BCUT2D eigenvalue weighted by Gasteiger charge is -2.31. The molecule has 2 unspecified atom stereocenters. The maximum atomic E-state index is 12.4. The fourth-order valence-electron chi connectivity index (χ4n) is 3.97. The van der Waals surface area contributed by atoms with Crippen LogP contribution in [-0.4, -0.2) is 80.6 Å². The van der Waals surface area contributed by atoms with Crippen LogP contribution in [0, 0.1) is 0 Å². The highest BCUT2D eigenvalue weighted by molar-refractivity contribution is 5.72. The van der Waals surface area contributed by atoms with Crippen LogP contribution in [0.4, 0.5) is 0 Å². The van der Waals surface area contributed by atoms with Gasteiger partial charge in [-0.05, 0) is 12.8 Å². The van der Waals surface area contributed by atoms with E-state index in [9.17, 15) is 19.5 Å². The quantitative estimate of drug-likeness (QED) is 0.103. The first-order valence-corrected chi connectivity index (χ1v) is 14.1. The van der Waals surface area contributed by atoms with Gasteiger partial charge in [-0.3, -0.25) is 9.59 Å². The van der Waals surface area contributed by atoms with Crippen molar-refractivity contribution in [3.8, 4) is 0 Å². The first-order chi connectivity index (χ1) is 17.1. The van der Waals surface area contributed by atoms with Crippen molar-refractivity contribution in [1.29, 1.82) is 0 Å². The van der Waals surface area contributed by atoms with Crippen LogP contribution in [0.1, 0.15) is 110 Å². The number of likely N-dealkylation sites (N-methyl/N-ethyl adjacent to an activating group) is 1. The molecule has 0 aliphatic heterocycles. The summed E-state index contributed by atoms with van der Waals surface area (Å²) in [5.41, 5.74) is 0. The molecule has 0 heterocycles. The van der Waals surface area contributed by atoms with Gasteiger partial charge in [-0.25, -0.2) is 4.79 Å². The predicted octanol–water partition coefficient (Wildman–Crippen LogP) is 5.51. The van der Waals surface area contributed by atoms with E-state index in [-0.39, 0.29) is 36.2 Å². The molecule has 36 heavy (non-hydrogen) atoms. The Morgan fingerprint density at radius 1 is 0.722 bits per heavy atom. The topological polar surface area (TPSA) is 99.1 Å². The number of nitrogens with zero attached hydrogens (tertiary/aromatic N) is 1. The number of aliphatic carboxylic acids is 1. The van der Waals surface area contributed by atoms with Crippen molar-refractivity contribution in [2.75, 3.05) is 41.0 Å². The average Bonchev–Trinajstić information content (AvgIpc) is 2.80. The summed E-state index contributed by atoms with van der Waals surface area (Å²) in [6.45, 7) is 4.51. The lowest BCUT2D eigenvalue weighted by atomic mass is 10.1. The zero-order valence-electron chi connectivity index (χ0n) is 23.7. The number of hydrogen-bond acceptors (Lipinski definition) is 6. The molecule has 0 aliphatic rings. The molecule has 0 rings (SSSR count). The number of carboxylic acid groups (broad SMARTS) is 1. The van der Waals surface area contributed by atoms with Gasteiger partial charge in [-0.1, -0.05) is 78.1 Å². The third-order valence-corrected chi connectivity index (χ3v) is 6.26. The van der Waals surface area contributed by atoms with Gasteiger partial charge in [-0.2, -0.15) is 0 Å². The van der Waals surface area contributed by atoms with Crippen LogP contribution in [0.25, 0.3) is 0 Å². The molecule has 2 atom stereocenters. The lowest BCUT2D eigenvalue weighted by molar-refractivity contribution is -0.887. The Morgan fingerprint density at radius 3 is 1.78 bits per heavy atom. The van der Waals surface area contributed by atoms with Gasteiger partial charge in [0.15, 0.2) is 12.1 Å². The van der Waals surface area contributed by atoms with E-state index in [1.807, 2.05) is 21.1 Å². The van der Waals surface area contributed by atoms with Crippen LogP contribution >= 0.6 is 0 Å². The SMILES string of the molecule is CCCCCCCCCCCC(=O)OC(COCCC(C(=O)O)[N+](C)(C)C)COC(=O)CCCCC. The number of hydrogen-bond donors (Lipinski definition) is 1. The van der Waals surface area contributed by atoms with Crippen LogP contribution in [0.2, 0.25) is 0 Å². The van der Waals surface area contributed by atoms with E-state index < -0.39 is 18.1 Å². The van der Waals surface area contributed by atoms with E-state index in [4.69, 9.17) is 14.2 Å². The Hall–Kier alpha value is -1.67. The van der Waals surface area contributed by atoms with Crippen LogP contribution in [0.3, 0.4) is 0 Å². The first-order valence-electron chi connectivity index (χ1n) is 14.1. The maximum absolute atomic E-state index is 12.4. The normalized spacial score (nSPS) is 13.2. The van der Waals surface area contributed by atoms with Crippen molar-refractivity contribution in [2.45, 2.75) is 122 Å². The van der Waals surface area contributed by atoms with E-state index in [0.717, 1.165) is 38.5 Å². The summed E-state index contributed by atoms with van der Waals surface area (Å²) in [5, 5.41) is 9.46. The molecule has 0 saturated heterocycles. The number of esters is 2. The van der Waals surface area contributed by atoms with Gasteiger partial charge in [0.05, 0.1) is 34.4 Å². The summed E-state index contributed by atoms with van der Waals surface area (Å²) in [4.78, 5) is 35.9. The van der Waals surface area contributed by atoms with Gasteiger partial charge in [0.25, 0.3) is 0 Å². The van der Waals surface area contributed by atoms with Crippen LogP contribution in [-0.2, 0) is 28.6 Å². The molecule has 8 nitrogen and oxygen atoms in total. The summed E-state index contributed by atoms with van der Waals surface area (Å²) in [6, 6.07) is -0.603. The predicted molar refractivity (Wildman–Crippen MR) is 142 cm³/mol. The number of rotatable bonds is 24. The van der Waals surface area contributed by atoms with Crippen LogP contribution < -0.4 is 0 Å². The molecular formula is C28H54NO7+. The van der Waals surface area contributed by atoms with E-state index in [1.165, 1.54) is 38.5 Å². The first kappa shape index (κ1) is 34.3. The maximum Gasteiger partial charge on any atom is 0.362 e. The molecule has 0 aromatic heterocycles. The molecule has 0 aliphatic carbocycles. The van der Waals surface area contributed by atoms with Crippen molar-refractivity contribution in [1.82, 2.24) is 0 Å². The summed E-state index contributed by atoms with van der Waals surface area (Å²) >= 11 is 0. The molecule has 1 N–H and O–H groups in total. The third-order valence-electron chi connectivity index (χ3n) is 6.26. The van der Waals surface area contributed by atoms with E-state index >= 15 is 0 Å². The second kappa shape index (κ2) is 21.4. The molecule has 0 spiro atoms. The van der Waals surface area contributed by atoms with Crippen molar-refractivity contribution >= 4 is 17.9 Å². The Labute approximate surface area is 219 Å². The smallest absolute Gasteiger partial charge is 0.362 e. The molecule has 212 valence electrons. The molecule has 0 saturated carbocycles. The third kappa shape index (κ3) is 19.5. The fourth-order valence-corrected chi connectivity index (χ4v) is 3.97. The zero-order chi connectivity index (χ0) is 27.2. The molecule has 0 amide bonds. The van der Waals surface area contributed by atoms with Crippen LogP contribution in [0.5, 0.6) is 0 Å². The van der Waals surface area contributed by atoms with E-state index in [1.54, 1.807) is 0 Å². The minimum absolute atomic E-state index is 0.0495. The minimum atomic E-state index is -0.879. The Bertz CT molecular complexity index is 589. The molecule has 0 aromatic rings. The highest BCUT2D eigenvalue weighted by atomic mass is 16.6. The van der Waals surface area contributed by atoms with E-state index in [2.05, 4.69) is 13.8 Å². The summed E-state index contributed by atoms with van der Waals surface area (Å²) < 4.78 is 16.8. The number of carbonyl (C=O) groups excluding carboxylic acids is 2. The fraction of sp³-hybridized carbons (Fsp3) is 0.893. The van der Waals surface area contributed by atoms with Gasteiger partial charge < -0.3 is 23.8 Å². The second-order valence-electron chi connectivity index (χ2n) is 10.7. The van der Waals surface area contributed by atoms with E-state index in [0.29, 0.717) is 19.3 Å². The highest BCUT2D eigenvalue weighted by Gasteiger charge is 2.31. The lowest BCUT2D eigenvalue weighted by Crippen LogP contribution is -2.50. The van der Waals surface area contributed by atoms with Gasteiger partial charge in [0.2, 0.25) is 0 Å². The molecule has 0 aromatic carbocycles. The van der Waals surface area contributed by atoms with Crippen molar-refractivity contribution in [3.63, 3.8) is 0 Å². The van der Waals surface area contributed by atoms with Crippen LogP contribution in [0.15, 0.2) is 0 Å². The largest absolute Gasteiger partial charge is 0.477 e. The standard InChI is InChI=1S/C28H53NO7/c1-6-8-10-11-12-13-14-15-17-19-27(31)36-24(23-35-26(30)18-16-9-7-2)22-34-21-20-25(28(32)33)29(3,4)5/h24-25H,6-23H2,1-5H3/p+1. The number of ether oxygens (including phenoxy) is 3. The second-order valence-corrected chi connectivity index (χ2v) is 10.7. The average molecular weight is 517 g/mol. The van der Waals surface area contributed by atoms with Gasteiger partial charge in [0.1, 0.15) is 6.61 Å². The molecule has 0 radical (unpaired) electrons. The number of quaternary nitrogens is 1. The summed E-state index contributed by atoms with van der Waals surface area (Å²) in [6.07, 6.45) is 13.6. The van der Waals surface area contributed by atoms with Gasteiger partial charge in [-0.15, -0.1) is 0 Å². The Balaban J connectivity index is 4.47. The monoisotopic (exact) mass is 516 g/mol. The molecule has 0 bridgehead atoms. The molecule has 8 heteroatoms. The number of unbranched alkanes of at least 4 members (excludes halogenated alkanes) is 10. The Morgan fingerprint density at radius 2 is 1.22 bits per heavy atom. The summed E-state index contributed by atoms with van der Waals surface area (Å²) in [7, 11) is 5.48. The molecular weight excluding hydrogens is 462 g/mol. The van der Waals surface area contributed by atoms with Gasteiger partial charge >= 0.3 is 17.9 Å². The minimum Gasteiger partial charge on any atom is -0.477 e. The van der Waals surface area contributed by atoms with Crippen molar-refractivity contribution in [3.05, 3.63) is 0 Å². The number of carboxylic acids is 1.